The number of β-lactam (4-membered cyclic amide) rings is 1. The first kappa shape index (κ1) is 21.3. The van der Waals surface area contributed by atoms with Crippen LogP contribution in [0, 0.1) is 0 Å². The van der Waals surface area contributed by atoms with Crippen molar-refractivity contribution < 1.29 is 19.4 Å². The fourth-order valence-corrected chi connectivity index (χ4v) is 4.81. The van der Waals surface area contributed by atoms with E-state index in [-0.39, 0.29) is 11.8 Å². The summed E-state index contributed by atoms with van der Waals surface area (Å²) in [6.45, 7) is 3.35. The van der Waals surface area contributed by atoms with Crippen molar-refractivity contribution >= 4 is 17.5 Å². The van der Waals surface area contributed by atoms with Gasteiger partial charge in [0.05, 0.1) is 13.2 Å². The van der Waals surface area contributed by atoms with Gasteiger partial charge in [-0.15, -0.1) is 0 Å². The summed E-state index contributed by atoms with van der Waals surface area (Å²) in [5.74, 6) is 0.426. The van der Waals surface area contributed by atoms with Crippen molar-refractivity contribution in [1.29, 1.82) is 0 Å². The lowest BCUT2D eigenvalue weighted by Crippen LogP contribution is -2.74. The lowest BCUT2D eigenvalue weighted by molar-refractivity contribution is -0.168. The number of hydrogen-bond donors (Lipinski definition) is 2. The standard InChI is InChI=1S/C24H29N3O4/c1-17(28)21(22(29)25-19-9-11-20(31-2)12-10-19)27-14-6-13-24(27)16-26(23(24)30)15-18-7-4-3-5-8-18/h3-5,7-12,17,21,28H,6,13-16H2,1-2H3,(H,25,29). The molecular formula is C24H29N3O4. The molecule has 2 aliphatic rings. The van der Waals surface area contributed by atoms with Gasteiger partial charge in [0.1, 0.15) is 17.3 Å². The Morgan fingerprint density at radius 1 is 1.19 bits per heavy atom. The number of anilines is 1. The third-order valence-electron chi connectivity index (χ3n) is 6.31. The molecule has 7 nitrogen and oxygen atoms in total. The first-order valence-corrected chi connectivity index (χ1v) is 10.7. The number of benzene rings is 2. The van der Waals surface area contributed by atoms with Crippen LogP contribution in [0.25, 0.3) is 0 Å². The Hall–Kier alpha value is -2.90. The average Bonchev–Trinajstić information content (AvgIpc) is 3.20. The second-order valence-electron chi connectivity index (χ2n) is 8.38. The predicted molar refractivity (Wildman–Crippen MR) is 118 cm³/mol. The zero-order valence-corrected chi connectivity index (χ0v) is 18.0. The normalized spacial score (nSPS) is 22.8. The van der Waals surface area contributed by atoms with Gasteiger partial charge in [-0.25, -0.2) is 0 Å². The molecule has 0 aliphatic carbocycles. The van der Waals surface area contributed by atoms with E-state index in [9.17, 15) is 14.7 Å². The molecule has 164 valence electrons. The predicted octanol–water partition coefficient (Wildman–Crippen LogP) is 2.26. The molecule has 4 rings (SSSR count). The van der Waals surface area contributed by atoms with Crippen LogP contribution in [0.2, 0.25) is 0 Å². The summed E-state index contributed by atoms with van der Waals surface area (Å²) in [6, 6.07) is 16.1. The number of amides is 2. The number of methoxy groups -OCH3 is 1. The largest absolute Gasteiger partial charge is 0.497 e. The molecule has 2 saturated heterocycles. The van der Waals surface area contributed by atoms with Crippen molar-refractivity contribution in [2.24, 2.45) is 0 Å². The first-order valence-electron chi connectivity index (χ1n) is 10.7. The molecule has 2 aromatic carbocycles. The van der Waals surface area contributed by atoms with Crippen LogP contribution in [-0.4, -0.2) is 64.6 Å². The molecule has 2 aliphatic heterocycles. The van der Waals surface area contributed by atoms with Crippen molar-refractivity contribution in [3.63, 3.8) is 0 Å². The minimum atomic E-state index is -0.913. The number of nitrogens with zero attached hydrogens (tertiary/aromatic N) is 2. The quantitative estimate of drug-likeness (QED) is 0.668. The second-order valence-corrected chi connectivity index (χ2v) is 8.38. The lowest BCUT2D eigenvalue weighted by atomic mass is 9.83. The van der Waals surface area contributed by atoms with E-state index in [0.29, 0.717) is 37.5 Å². The van der Waals surface area contributed by atoms with Crippen LogP contribution in [0.15, 0.2) is 54.6 Å². The van der Waals surface area contributed by atoms with Gasteiger partial charge in [0.25, 0.3) is 0 Å². The Balaban J connectivity index is 1.48. The minimum absolute atomic E-state index is 0.0387. The van der Waals surface area contributed by atoms with Crippen molar-refractivity contribution in [3.05, 3.63) is 60.2 Å². The van der Waals surface area contributed by atoms with E-state index in [4.69, 9.17) is 4.74 Å². The van der Waals surface area contributed by atoms with E-state index in [1.807, 2.05) is 40.1 Å². The molecule has 2 heterocycles. The van der Waals surface area contributed by atoms with Gasteiger partial charge in [-0.1, -0.05) is 30.3 Å². The summed E-state index contributed by atoms with van der Waals surface area (Å²) < 4.78 is 5.15. The summed E-state index contributed by atoms with van der Waals surface area (Å²) in [5, 5.41) is 13.4. The van der Waals surface area contributed by atoms with E-state index in [0.717, 1.165) is 12.0 Å². The fraction of sp³-hybridized carbons (Fsp3) is 0.417. The number of aliphatic hydroxyl groups excluding tert-OH is 1. The first-order chi connectivity index (χ1) is 14.9. The van der Waals surface area contributed by atoms with Crippen molar-refractivity contribution in [1.82, 2.24) is 9.80 Å². The highest BCUT2D eigenvalue weighted by atomic mass is 16.5. The number of hydrogen-bond acceptors (Lipinski definition) is 5. The van der Waals surface area contributed by atoms with Crippen LogP contribution in [0.3, 0.4) is 0 Å². The molecule has 1 spiro atoms. The number of ether oxygens (including phenoxy) is 1. The van der Waals surface area contributed by atoms with E-state index in [1.165, 1.54) is 0 Å². The van der Waals surface area contributed by atoms with Crippen molar-refractivity contribution in [3.8, 4) is 5.75 Å². The van der Waals surface area contributed by atoms with Gasteiger partial charge < -0.3 is 20.1 Å². The zero-order valence-electron chi connectivity index (χ0n) is 18.0. The summed E-state index contributed by atoms with van der Waals surface area (Å²) in [7, 11) is 1.58. The highest BCUT2D eigenvalue weighted by Crippen LogP contribution is 2.41. The third kappa shape index (κ3) is 4.03. The molecule has 2 fully saturated rings. The number of rotatable bonds is 7. The van der Waals surface area contributed by atoms with Crippen LogP contribution < -0.4 is 10.1 Å². The maximum Gasteiger partial charge on any atom is 0.245 e. The highest BCUT2D eigenvalue weighted by molar-refractivity contribution is 5.98. The van der Waals surface area contributed by atoms with Gasteiger partial charge in [0.15, 0.2) is 0 Å². The monoisotopic (exact) mass is 423 g/mol. The van der Waals surface area contributed by atoms with Crippen LogP contribution in [-0.2, 0) is 16.1 Å². The molecule has 0 saturated carbocycles. The Labute approximate surface area is 182 Å². The van der Waals surface area contributed by atoms with Gasteiger partial charge in [0, 0.05) is 25.3 Å². The molecule has 0 aromatic heterocycles. The number of carbonyl (C=O) groups excluding carboxylic acids is 2. The van der Waals surface area contributed by atoms with Gasteiger partial charge >= 0.3 is 0 Å². The molecule has 31 heavy (non-hydrogen) atoms. The molecule has 2 amide bonds. The van der Waals surface area contributed by atoms with Crippen LogP contribution >= 0.6 is 0 Å². The zero-order chi connectivity index (χ0) is 22.0. The molecule has 0 radical (unpaired) electrons. The number of carbonyl (C=O) groups is 2. The number of nitrogens with one attached hydrogen (secondary N) is 1. The average molecular weight is 424 g/mol. The van der Waals surface area contributed by atoms with Gasteiger partial charge in [-0.2, -0.15) is 0 Å². The van der Waals surface area contributed by atoms with Crippen molar-refractivity contribution in [2.75, 3.05) is 25.5 Å². The van der Waals surface area contributed by atoms with Crippen LogP contribution in [0.4, 0.5) is 5.69 Å². The second kappa shape index (κ2) is 8.69. The van der Waals surface area contributed by atoms with E-state index >= 15 is 0 Å². The lowest BCUT2D eigenvalue weighted by Gasteiger charge is -2.53. The Kier molecular flexibility index (Phi) is 5.98. The summed E-state index contributed by atoms with van der Waals surface area (Å²) in [6.07, 6.45) is 0.615. The van der Waals surface area contributed by atoms with Crippen LogP contribution in [0.5, 0.6) is 5.75 Å². The topological polar surface area (TPSA) is 82.1 Å². The van der Waals surface area contributed by atoms with Gasteiger partial charge in [-0.05, 0) is 49.6 Å². The number of likely N-dealkylation sites (tertiary alicyclic amines) is 2. The Morgan fingerprint density at radius 3 is 2.52 bits per heavy atom. The molecular weight excluding hydrogens is 394 g/mol. The SMILES string of the molecule is COc1ccc(NC(=O)C(C(C)O)N2CCCC23CN(Cc2ccccc2)C3=O)cc1. The minimum Gasteiger partial charge on any atom is -0.497 e. The van der Waals surface area contributed by atoms with Crippen LogP contribution in [0.1, 0.15) is 25.3 Å². The van der Waals surface area contributed by atoms with E-state index in [2.05, 4.69) is 5.32 Å². The molecule has 3 unspecified atom stereocenters. The van der Waals surface area contributed by atoms with Gasteiger partial charge in [0.2, 0.25) is 11.8 Å². The van der Waals surface area contributed by atoms with E-state index in [1.54, 1.807) is 38.3 Å². The van der Waals surface area contributed by atoms with Gasteiger partial charge in [-0.3, -0.25) is 14.5 Å². The smallest absolute Gasteiger partial charge is 0.245 e. The molecule has 7 heteroatoms. The Morgan fingerprint density at radius 2 is 1.90 bits per heavy atom. The molecule has 0 bridgehead atoms. The molecule has 3 atom stereocenters. The van der Waals surface area contributed by atoms with Crippen molar-refractivity contribution in [2.45, 2.75) is 44.0 Å². The fourth-order valence-electron chi connectivity index (χ4n) is 4.81. The number of aliphatic hydroxyl groups is 1. The maximum atomic E-state index is 13.2. The third-order valence-corrected chi connectivity index (χ3v) is 6.31. The summed E-state index contributed by atoms with van der Waals surface area (Å²) >= 11 is 0. The van der Waals surface area contributed by atoms with E-state index < -0.39 is 17.7 Å². The molecule has 2 N–H and O–H groups in total. The Bertz CT molecular complexity index is 932. The highest BCUT2D eigenvalue weighted by Gasteiger charge is 2.60. The summed E-state index contributed by atoms with van der Waals surface area (Å²) in [4.78, 5) is 30.1. The maximum absolute atomic E-state index is 13.2. The summed E-state index contributed by atoms with van der Waals surface area (Å²) in [5.41, 5.74) is 1.00. The molecule has 2 aromatic rings.